The molecule has 1 saturated carbocycles. The van der Waals surface area contributed by atoms with E-state index in [-0.39, 0.29) is 0 Å². The number of nitrogens with one attached hydrogen (secondary N) is 2. The van der Waals surface area contributed by atoms with Gasteiger partial charge < -0.3 is 10.1 Å². The van der Waals surface area contributed by atoms with Gasteiger partial charge in [0.1, 0.15) is 0 Å². The quantitative estimate of drug-likeness (QED) is 0.853. The summed E-state index contributed by atoms with van der Waals surface area (Å²) >= 11 is 0. The summed E-state index contributed by atoms with van der Waals surface area (Å²) in [6.45, 7) is 0. The van der Waals surface area contributed by atoms with Crippen molar-refractivity contribution in [1.82, 2.24) is 0 Å². The van der Waals surface area contributed by atoms with Crippen LogP contribution in [0.25, 0.3) is 0 Å². The number of hydrogen-bond acceptors (Lipinski definition) is 4. The summed E-state index contributed by atoms with van der Waals surface area (Å²) in [5.41, 5.74) is 1.49. The number of sulfonamides is 1. The molecule has 0 aliphatic heterocycles. The molecule has 0 spiro atoms. The maximum absolute atomic E-state index is 11.1. The van der Waals surface area contributed by atoms with Crippen molar-refractivity contribution in [3.63, 3.8) is 0 Å². The Hall–Kier alpha value is -1.27. The lowest BCUT2D eigenvalue weighted by atomic mass is 9.89. The number of rotatable bonds is 5. The average molecular weight is 270 g/mol. The van der Waals surface area contributed by atoms with Crippen LogP contribution in [-0.4, -0.2) is 33.9 Å². The predicted octanol–water partition coefficient (Wildman–Crippen LogP) is 1.65. The molecule has 5 nitrogen and oxygen atoms in total. The second-order valence-electron chi connectivity index (χ2n) is 4.63. The Balaban J connectivity index is 1.96. The standard InChI is InChI=1S/C12H18N2O3S/c1-17-12-7-11(8-12)13-9-4-3-5-10(6-9)14-18(2,15)16/h3-6,11-14H,7-8H2,1-2H3. The molecule has 18 heavy (non-hydrogen) atoms. The molecule has 0 amide bonds. The molecule has 1 aromatic carbocycles. The van der Waals surface area contributed by atoms with E-state index in [0.717, 1.165) is 24.8 Å². The molecule has 1 fully saturated rings. The van der Waals surface area contributed by atoms with E-state index < -0.39 is 10.0 Å². The third-order valence-electron chi connectivity index (χ3n) is 2.96. The van der Waals surface area contributed by atoms with Gasteiger partial charge in [-0.1, -0.05) is 6.07 Å². The van der Waals surface area contributed by atoms with Gasteiger partial charge in [-0.15, -0.1) is 0 Å². The summed E-state index contributed by atoms with van der Waals surface area (Å²) in [6, 6.07) is 7.67. The zero-order valence-corrected chi connectivity index (χ0v) is 11.3. The molecule has 0 saturated heterocycles. The molecule has 6 heteroatoms. The summed E-state index contributed by atoms with van der Waals surface area (Å²) in [7, 11) is -1.50. The Morgan fingerprint density at radius 1 is 1.28 bits per heavy atom. The summed E-state index contributed by atoms with van der Waals surface area (Å²) in [5, 5.41) is 3.35. The van der Waals surface area contributed by atoms with E-state index in [9.17, 15) is 8.42 Å². The highest BCUT2D eigenvalue weighted by molar-refractivity contribution is 7.92. The van der Waals surface area contributed by atoms with Crippen LogP contribution in [0.2, 0.25) is 0 Å². The molecular weight excluding hydrogens is 252 g/mol. The topological polar surface area (TPSA) is 67.4 Å². The Morgan fingerprint density at radius 3 is 2.56 bits per heavy atom. The van der Waals surface area contributed by atoms with Crippen molar-refractivity contribution in [2.24, 2.45) is 0 Å². The number of benzene rings is 1. The molecule has 0 aromatic heterocycles. The van der Waals surface area contributed by atoms with Gasteiger partial charge in [0, 0.05) is 18.8 Å². The summed E-state index contributed by atoms with van der Waals surface area (Å²) in [4.78, 5) is 0. The maximum Gasteiger partial charge on any atom is 0.229 e. The van der Waals surface area contributed by atoms with Crippen molar-refractivity contribution < 1.29 is 13.2 Å². The summed E-state index contributed by atoms with van der Waals surface area (Å²) in [6.07, 6.45) is 3.46. The first kappa shape index (κ1) is 13.2. The van der Waals surface area contributed by atoms with E-state index >= 15 is 0 Å². The van der Waals surface area contributed by atoms with Gasteiger partial charge in [0.05, 0.1) is 18.0 Å². The second-order valence-corrected chi connectivity index (χ2v) is 6.37. The van der Waals surface area contributed by atoms with Gasteiger partial charge in [0.25, 0.3) is 0 Å². The van der Waals surface area contributed by atoms with Crippen molar-refractivity contribution in [3.05, 3.63) is 24.3 Å². The van der Waals surface area contributed by atoms with Gasteiger partial charge in [0.15, 0.2) is 0 Å². The van der Waals surface area contributed by atoms with Crippen molar-refractivity contribution >= 4 is 21.4 Å². The molecule has 1 aliphatic carbocycles. The molecule has 0 unspecified atom stereocenters. The monoisotopic (exact) mass is 270 g/mol. The first-order chi connectivity index (χ1) is 8.46. The van der Waals surface area contributed by atoms with Gasteiger partial charge in [-0.3, -0.25) is 4.72 Å². The second kappa shape index (κ2) is 5.16. The van der Waals surface area contributed by atoms with Crippen molar-refractivity contribution in [2.75, 3.05) is 23.4 Å². The molecule has 0 heterocycles. The molecule has 2 N–H and O–H groups in total. The number of anilines is 2. The normalized spacial score (nSPS) is 23.2. The Bertz CT molecular complexity index is 510. The lowest BCUT2D eigenvalue weighted by molar-refractivity contribution is 0.0329. The molecule has 0 radical (unpaired) electrons. The number of methoxy groups -OCH3 is 1. The van der Waals surface area contributed by atoms with Crippen molar-refractivity contribution in [3.8, 4) is 0 Å². The van der Waals surface area contributed by atoms with Crippen molar-refractivity contribution in [2.45, 2.75) is 25.0 Å². The Kier molecular flexibility index (Phi) is 3.77. The number of hydrogen-bond donors (Lipinski definition) is 2. The largest absolute Gasteiger partial charge is 0.382 e. The van der Waals surface area contributed by atoms with Crippen LogP contribution >= 0.6 is 0 Å². The van der Waals surface area contributed by atoms with Crippen LogP contribution in [0.5, 0.6) is 0 Å². The van der Waals surface area contributed by atoms with E-state index in [2.05, 4.69) is 10.0 Å². The van der Waals surface area contributed by atoms with E-state index in [1.165, 1.54) is 0 Å². The minimum absolute atomic E-state index is 0.347. The fourth-order valence-electron chi connectivity index (χ4n) is 2.00. The first-order valence-electron chi connectivity index (χ1n) is 5.83. The van der Waals surface area contributed by atoms with Gasteiger partial charge >= 0.3 is 0 Å². The molecule has 1 aromatic rings. The van der Waals surface area contributed by atoms with E-state index in [4.69, 9.17) is 4.74 Å². The van der Waals surface area contributed by atoms with Crippen LogP contribution in [-0.2, 0) is 14.8 Å². The Labute approximate surface area is 108 Å². The summed E-state index contributed by atoms with van der Waals surface area (Å²) in [5.74, 6) is 0. The van der Waals surface area contributed by atoms with Crippen LogP contribution in [0.15, 0.2) is 24.3 Å². The lowest BCUT2D eigenvalue weighted by Crippen LogP contribution is -2.40. The first-order valence-corrected chi connectivity index (χ1v) is 7.72. The minimum Gasteiger partial charge on any atom is -0.382 e. The lowest BCUT2D eigenvalue weighted by Gasteiger charge is -2.35. The van der Waals surface area contributed by atoms with E-state index in [1.807, 2.05) is 12.1 Å². The highest BCUT2D eigenvalue weighted by Crippen LogP contribution is 2.27. The average Bonchev–Trinajstić information content (AvgIpc) is 2.20. The highest BCUT2D eigenvalue weighted by atomic mass is 32.2. The highest BCUT2D eigenvalue weighted by Gasteiger charge is 2.28. The fourth-order valence-corrected chi connectivity index (χ4v) is 2.55. The zero-order chi connectivity index (χ0) is 13.2. The molecule has 100 valence electrons. The summed E-state index contributed by atoms with van der Waals surface area (Å²) < 4.78 is 29.9. The van der Waals surface area contributed by atoms with Crippen LogP contribution in [0, 0.1) is 0 Å². The van der Waals surface area contributed by atoms with E-state index in [0.29, 0.717) is 17.8 Å². The smallest absolute Gasteiger partial charge is 0.229 e. The van der Waals surface area contributed by atoms with Crippen molar-refractivity contribution in [1.29, 1.82) is 0 Å². The molecular formula is C12H18N2O3S. The third kappa shape index (κ3) is 3.61. The third-order valence-corrected chi connectivity index (χ3v) is 3.57. The van der Waals surface area contributed by atoms with Crippen LogP contribution in [0.3, 0.4) is 0 Å². The SMILES string of the molecule is COC1CC(Nc2cccc(NS(C)(=O)=O)c2)C1. The van der Waals surface area contributed by atoms with Gasteiger partial charge in [-0.05, 0) is 31.0 Å². The molecule has 2 rings (SSSR count). The predicted molar refractivity (Wildman–Crippen MR) is 72.4 cm³/mol. The minimum atomic E-state index is -3.22. The van der Waals surface area contributed by atoms with Gasteiger partial charge in [0.2, 0.25) is 10.0 Å². The van der Waals surface area contributed by atoms with E-state index in [1.54, 1.807) is 19.2 Å². The van der Waals surface area contributed by atoms with Crippen LogP contribution in [0.1, 0.15) is 12.8 Å². The zero-order valence-electron chi connectivity index (χ0n) is 10.5. The maximum atomic E-state index is 11.1. The van der Waals surface area contributed by atoms with Crippen LogP contribution in [0.4, 0.5) is 11.4 Å². The molecule has 0 bridgehead atoms. The number of ether oxygens (including phenoxy) is 1. The fraction of sp³-hybridized carbons (Fsp3) is 0.500. The van der Waals surface area contributed by atoms with Gasteiger partial charge in [-0.25, -0.2) is 8.42 Å². The van der Waals surface area contributed by atoms with Gasteiger partial charge in [-0.2, -0.15) is 0 Å². The Morgan fingerprint density at radius 2 is 1.94 bits per heavy atom. The molecule has 0 atom stereocenters. The molecule has 1 aliphatic rings. The van der Waals surface area contributed by atoms with Crippen LogP contribution < -0.4 is 10.0 Å².